The largest absolute Gasteiger partial charge is 0.465 e. The predicted octanol–water partition coefficient (Wildman–Crippen LogP) is 5.71. The van der Waals surface area contributed by atoms with Crippen molar-refractivity contribution < 1.29 is 31.1 Å². The van der Waals surface area contributed by atoms with E-state index >= 15 is 0 Å². The molecule has 0 bridgehead atoms. The van der Waals surface area contributed by atoms with Crippen LogP contribution in [0.25, 0.3) is 11.4 Å². The Bertz CT molecular complexity index is 1060. The van der Waals surface area contributed by atoms with Gasteiger partial charge in [0.2, 0.25) is 5.88 Å². The second-order valence-electron chi connectivity index (χ2n) is 6.25. The molecule has 0 spiro atoms. The van der Waals surface area contributed by atoms with E-state index < -0.39 is 29.6 Å². The van der Waals surface area contributed by atoms with Gasteiger partial charge in [0, 0.05) is 18.8 Å². The summed E-state index contributed by atoms with van der Waals surface area (Å²) in [6, 6.07) is 5.54. The number of alkyl halides is 6. The Morgan fingerprint density at radius 2 is 1.70 bits per heavy atom. The highest BCUT2D eigenvalue weighted by atomic mass is 35.5. The molecule has 0 unspecified atom stereocenters. The zero-order chi connectivity index (χ0) is 22.3. The van der Waals surface area contributed by atoms with Gasteiger partial charge in [0.05, 0.1) is 11.1 Å². The summed E-state index contributed by atoms with van der Waals surface area (Å²) >= 11 is 5.82. The summed E-state index contributed by atoms with van der Waals surface area (Å²) in [5.74, 6) is -0.211. The van der Waals surface area contributed by atoms with Gasteiger partial charge in [0.25, 0.3) is 0 Å². The SMILES string of the molecule is C[C@@H](Oc1ncc(C(F)(F)F)cc1Cl)c1nnc(-c2ccccc2C(F)(F)F)n1C. The maximum atomic E-state index is 13.3. The maximum absolute atomic E-state index is 13.3. The molecule has 3 aromatic rings. The van der Waals surface area contributed by atoms with E-state index in [9.17, 15) is 26.3 Å². The Morgan fingerprint density at radius 3 is 2.30 bits per heavy atom. The smallest absolute Gasteiger partial charge is 0.417 e. The molecule has 1 atom stereocenters. The van der Waals surface area contributed by atoms with Gasteiger partial charge in [-0.1, -0.05) is 29.8 Å². The molecular formula is C18H13ClF6N4O. The lowest BCUT2D eigenvalue weighted by Gasteiger charge is -2.16. The van der Waals surface area contributed by atoms with Crippen LogP contribution in [0.5, 0.6) is 5.88 Å². The van der Waals surface area contributed by atoms with Gasteiger partial charge in [-0.05, 0) is 19.1 Å². The van der Waals surface area contributed by atoms with Gasteiger partial charge in [-0.25, -0.2) is 4.98 Å². The average molecular weight is 451 g/mol. The highest BCUT2D eigenvalue weighted by molar-refractivity contribution is 6.31. The van der Waals surface area contributed by atoms with E-state index in [4.69, 9.17) is 16.3 Å². The van der Waals surface area contributed by atoms with E-state index in [0.717, 1.165) is 6.07 Å². The van der Waals surface area contributed by atoms with Crippen molar-refractivity contribution in [2.24, 2.45) is 7.05 Å². The van der Waals surface area contributed by atoms with Crippen molar-refractivity contribution >= 4 is 11.6 Å². The standard InChI is InChI=1S/C18H13ClF6N4O/c1-9(30-16-13(19)7-10(8-26-16)17(20,21)22)14-27-28-15(29(14)2)11-5-3-4-6-12(11)18(23,24)25/h3-9H,1-2H3/t9-/m1/s1. The molecule has 0 N–H and O–H groups in total. The number of ether oxygens (including phenoxy) is 1. The summed E-state index contributed by atoms with van der Waals surface area (Å²) in [7, 11) is 1.44. The fourth-order valence-corrected chi connectivity index (χ4v) is 2.95. The minimum atomic E-state index is -4.62. The first-order chi connectivity index (χ1) is 13.9. The zero-order valence-corrected chi connectivity index (χ0v) is 16.1. The van der Waals surface area contributed by atoms with Crippen LogP contribution < -0.4 is 4.74 Å². The average Bonchev–Trinajstić information content (AvgIpc) is 3.03. The number of nitrogens with zero attached hydrogens (tertiary/aromatic N) is 4. The number of halogens is 7. The summed E-state index contributed by atoms with van der Waals surface area (Å²) < 4.78 is 84.8. The van der Waals surface area contributed by atoms with E-state index in [2.05, 4.69) is 15.2 Å². The van der Waals surface area contributed by atoms with Crippen molar-refractivity contribution in [2.45, 2.75) is 25.4 Å². The van der Waals surface area contributed by atoms with Crippen molar-refractivity contribution in [3.63, 3.8) is 0 Å². The van der Waals surface area contributed by atoms with Crippen LogP contribution in [0, 0.1) is 0 Å². The van der Waals surface area contributed by atoms with Crippen molar-refractivity contribution in [3.05, 3.63) is 58.5 Å². The van der Waals surface area contributed by atoms with Crippen LogP contribution in [0.3, 0.4) is 0 Å². The third-order valence-electron chi connectivity index (χ3n) is 4.17. The summed E-state index contributed by atoms with van der Waals surface area (Å²) in [4.78, 5) is 3.57. The number of aromatic nitrogens is 4. The number of benzene rings is 1. The molecular weight excluding hydrogens is 438 g/mol. The van der Waals surface area contributed by atoms with Gasteiger partial charge in [0.1, 0.15) is 5.02 Å². The summed E-state index contributed by atoms with van der Waals surface area (Å²) in [6.45, 7) is 1.49. The molecule has 3 rings (SSSR count). The Morgan fingerprint density at radius 1 is 1.03 bits per heavy atom. The molecule has 12 heteroatoms. The molecule has 2 aromatic heterocycles. The molecule has 0 saturated carbocycles. The van der Waals surface area contributed by atoms with Crippen LogP contribution in [-0.4, -0.2) is 19.7 Å². The minimum absolute atomic E-state index is 0.0557. The van der Waals surface area contributed by atoms with Gasteiger partial charge in [-0.15, -0.1) is 10.2 Å². The highest BCUT2D eigenvalue weighted by Crippen LogP contribution is 2.37. The molecule has 0 amide bonds. The normalized spacial score (nSPS) is 13.4. The van der Waals surface area contributed by atoms with E-state index in [1.807, 2.05) is 0 Å². The Hall–Kier alpha value is -2.82. The summed E-state index contributed by atoms with van der Waals surface area (Å²) in [5, 5.41) is 7.32. The predicted molar refractivity (Wildman–Crippen MR) is 94.7 cm³/mol. The molecule has 0 saturated heterocycles. The fraction of sp³-hybridized carbons (Fsp3) is 0.278. The zero-order valence-electron chi connectivity index (χ0n) is 15.4. The first-order valence-electron chi connectivity index (χ1n) is 8.35. The van der Waals surface area contributed by atoms with Crippen LogP contribution >= 0.6 is 11.6 Å². The molecule has 0 fully saturated rings. The lowest BCUT2D eigenvalue weighted by atomic mass is 10.1. The lowest BCUT2D eigenvalue weighted by Crippen LogP contribution is -2.13. The van der Waals surface area contributed by atoms with E-state index in [1.54, 1.807) is 0 Å². The van der Waals surface area contributed by atoms with Crippen LogP contribution in [0.1, 0.15) is 30.0 Å². The quantitative estimate of drug-likeness (QED) is 0.478. The van der Waals surface area contributed by atoms with E-state index in [-0.39, 0.29) is 28.1 Å². The molecule has 1 aromatic carbocycles. The molecule has 5 nitrogen and oxygen atoms in total. The second kappa shape index (κ2) is 7.78. The first kappa shape index (κ1) is 21.9. The summed E-state index contributed by atoms with van der Waals surface area (Å²) in [5.41, 5.74) is -2.10. The van der Waals surface area contributed by atoms with Gasteiger partial charge in [0.15, 0.2) is 17.8 Å². The molecule has 2 heterocycles. The van der Waals surface area contributed by atoms with Crippen LogP contribution in [0.4, 0.5) is 26.3 Å². The molecule has 0 radical (unpaired) electrons. The summed E-state index contributed by atoms with van der Waals surface area (Å²) in [6.07, 6.45) is -9.57. The van der Waals surface area contributed by atoms with Crippen molar-refractivity contribution in [3.8, 4) is 17.3 Å². The fourth-order valence-electron chi connectivity index (χ4n) is 2.74. The van der Waals surface area contributed by atoms with Gasteiger partial charge in [-0.2, -0.15) is 26.3 Å². The minimum Gasteiger partial charge on any atom is -0.465 e. The first-order valence-corrected chi connectivity index (χ1v) is 8.72. The number of rotatable bonds is 4. The molecule has 30 heavy (non-hydrogen) atoms. The Kier molecular flexibility index (Phi) is 5.68. The van der Waals surface area contributed by atoms with Crippen molar-refractivity contribution in [1.29, 1.82) is 0 Å². The van der Waals surface area contributed by atoms with Gasteiger partial charge >= 0.3 is 12.4 Å². The molecule has 0 aliphatic heterocycles. The monoisotopic (exact) mass is 450 g/mol. The molecule has 0 aliphatic carbocycles. The third kappa shape index (κ3) is 4.35. The second-order valence-corrected chi connectivity index (χ2v) is 6.66. The number of hydrogen-bond donors (Lipinski definition) is 0. The van der Waals surface area contributed by atoms with E-state index in [0.29, 0.717) is 12.3 Å². The Labute approximate surface area is 171 Å². The van der Waals surface area contributed by atoms with Crippen LogP contribution in [0.2, 0.25) is 5.02 Å². The highest BCUT2D eigenvalue weighted by Gasteiger charge is 2.35. The maximum Gasteiger partial charge on any atom is 0.417 e. The van der Waals surface area contributed by atoms with Gasteiger partial charge in [-0.3, -0.25) is 0 Å². The van der Waals surface area contributed by atoms with Gasteiger partial charge < -0.3 is 9.30 Å². The number of hydrogen-bond acceptors (Lipinski definition) is 4. The van der Waals surface area contributed by atoms with Crippen LogP contribution in [0.15, 0.2) is 36.5 Å². The lowest BCUT2D eigenvalue weighted by molar-refractivity contribution is -0.138. The third-order valence-corrected chi connectivity index (χ3v) is 4.44. The topological polar surface area (TPSA) is 52.8 Å². The molecule has 0 aliphatic rings. The van der Waals surface area contributed by atoms with Crippen molar-refractivity contribution in [2.75, 3.05) is 0 Å². The van der Waals surface area contributed by atoms with Crippen LogP contribution in [-0.2, 0) is 19.4 Å². The van der Waals surface area contributed by atoms with Crippen molar-refractivity contribution in [1.82, 2.24) is 19.7 Å². The molecule has 160 valence electrons. The Balaban J connectivity index is 1.90. The van der Waals surface area contributed by atoms with E-state index in [1.165, 1.54) is 36.7 Å². The number of pyridine rings is 1.